The van der Waals surface area contributed by atoms with E-state index in [1.54, 1.807) is 12.1 Å². The number of nitrogens with one attached hydrogen (secondary N) is 1. The zero-order valence-corrected chi connectivity index (χ0v) is 13.7. The van der Waals surface area contributed by atoms with Crippen LogP contribution in [0.4, 0.5) is 0 Å². The second kappa shape index (κ2) is 6.82. The van der Waals surface area contributed by atoms with Gasteiger partial charge in [0.05, 0.1) is 24.7 Å². The van der Waals surface area contributed by atoms with Gasteiger partial charge in [0.15, 0.2) is 5.76 Å². The average Bonchev–Trinajstić information content (AvgIpc) is 2.67. The molecule has 0 radical (unpaired) electrons. The number of nitrogens with zero attached hydrogens (tertiary/aromatic N) is 1. The van der Waals surface area contributed by atoms with Gasteiger partial charge in [-0.3, -0.25) is 10.2 Å². The summed E-state index contributed by atoms with van der Waals surface area (Å²) in [5, 5.41) is 26.7. The van der Waals surface area contributed by atoms with Gasteiger partial charge in [-0.05, 0) is 17.7 Å². The molecule has 0 saturated heterocycles. The molecule has 132 valence electrons. The molecule has 0 saturated carbocycles. The summed E-state index contributed by atoms with van der Waals surface area (Å²) in [5.74, 6) is -2.78. The van der Waals surface area contributed by atoms with Crippen molar-refractivity contribution in [3.05, 3.63) is 63.2 Å². The van der Waals surface area contributed by atoms with Gasteiger partial charge in [0.25, 0.3) is 0 Å². The highest BCUT2D eigenvalue weighted by atomic mass is 16.5. The topological polar surface area (TPSA) is 134 Å². The third-order valence-corrected chi connectivity index (χ3v) is 4.08. The Morgan fingerprint density at radius 1 is 1.38 bits per heavy atom. The van der Waals surface area contributed by atoms with E-state index in [0.717, 1.165) is 6.07 Å². The SMILES string of the molecule is COC(=O)c1ccc(C2c3oc(CO)cc(=O)c3OC(=N)C2C#N)cc1. The van der Waals surface area contributed by atoms with Gasteiger partial charge in [0.1, 0.15) is 18.3 Å². The summed E-state index contributed by atoms with van der Waals surface area (Å²) in [7, 11) is 1.27. The van der Waals surface area contributed by atoms with Gasteiger partial charge in [-0.1, -0.05) is 12.1 Å². The normalized spacial score (nSPS) is 18.4. The van der Waals surface area contributed by atoms with Gasteiger partial charge >= 0.3 is 5.97 Å². The van der Waals surface area contributed by atoms with Crippen LogP contribution in [0.1, 0.15) is 33.4 Å². The van der Waals surface area contributed by atoms with Crippen LogP contribution in [0.15, 0.2) is 39.5 Å². The number of aliphatic hydroxyl groups is 1. The van der Waals surface area contributed by atoms with Gasteiger partial charge < -0.3 is 19.0 Å². The first-order valence-electron chi connectivity index (χ1n) is 7.62. The maximum absolute atomic E-state index is 12.2. The van der Waals surface area contributed by atoms with Crippen molar-refractivity contribution in [2.75, 3.05) is 7.11 Å². The lowest BCUT2D eigenvalue weighted by molar-refractivity contribution is 0.0600. The van der Waals surface area contributed by atoms with Crippen LogP contribution < -0.4 is 10.2 Å². The van der Waals surface area contributed by atoms with Crippen molar-refractivity contribution < 1.29 is 23.8 Å². The molecule has 1 aliphatic heterocycles. The number of ether oxygens (including phenoxy) is 2. The Labute approximate surface area is 147 Å². The van der Waals surface area contributed by atoms with Crippen LogP contribution in [0.25, 0.3) is 0 Å². The molecule has 0 fully saturated rings. The number of fused-ring (bicyclic) bond motifs is 1. The average molecular weight is 354 g/mol. The monoisotopic (exact) mass is 354 g/mol. The summed E-state index contributed by atoms with van der Waals surface area (Å²) >= 11 is 0. The van der Waals surface area contributed by atoms with E-state index in [4.69, 9.17) is 14.6 Å². The molecule has 2 aromatic rings. The summed E-state index contributed by atoms with van der Waals surface area (Å²) < 4.78 is 15.4. The lowest BCUT2D eigenvalue weighted by Gasteiger charge is -2.28. The van der Waals surface area contributed by atoms with Crippen LogP contribution in [0.2, 0.25) is 0 Å². The van der Waals surface area contributed by atoms with Crippen LogP contribution in [0.5, 0.6) is 5.75 Å². The van der Waals surface area contributed by atoms with E-state index in [1.165, 1.54) is 19.2 Å². The molecule has 1 aromatic heterocycles. The quantitative estimate of drug-likeness (QED) is 0.799. The van der Waals surface area contributed by atoms with Crippen molar-refractivity contribution in [2.24, 2.45) is 5.92 Å². The van der Waals surface area contributed by atoms with Crippen molar-refractivity contribution >= 4 is 11.9 Å². The van der Waals surface area contributed by atoms with E-state index in [0.29, 0.717) is 11.1 Å². The molecule has 1 aliphatic rings. The lowest BCUT2D eigenvalue weighted by Crippen LogP contribution is -2.33. The summed E-state index contributed by atoms with van der Waals surface area (Å²) in [6.45, 7) is -0.495. The van der Waals surface area contributed by atoms with E-state index in [2.05, 4.69) is 4.74 Å². The van der Waals surface area contributed by atoms with Crippen LogP contribution in [0.3, 0.4) is 0 Å². The van der Waals surface area contributed by atoms with Crippen molar-refractivity contribution in [1.82, 2.24) is 0 Å². The third-order valence-electron chi connectivity index (χ3n) is 4.08. The number of benzene rings is 1. The Balaban J connectivity index is 2.17. The first-order chi connectivity index (χ1) is 12.5. The number of carbonyl (C=O) groups is 1. The second-order valence-corrected chi connectivity index (χ2v) is 5.59. The molecule has 2 atom stereocenters. The fourth-order valence-electron chi connectivity index (χ4n) is 2.83. The van der Waals surface area contributed by atoms with Gasteiger partial charge in [-0.25, -0.2) is 4.79 Å². The van der Waals surface area contributed by atoms with Crippen LogP contribution in [-0.2, 0) is 11.3 Å². The van der Waals surface area contributed by atoms with E-state index in [-0.39, 0.29) is 23.2 Å². The van der Waals surface area contributed by atoms with E-state index >= 15 is 0 Å². The molecular weight excluding hydrogens is 340 g/mol. The van der Waals surface area contributed by atoms with Crippen LogP contribution >= 0.6 is 0 Å². The van der Waals surface area contributed by atoms with E-state index in [1.807, 2.05) is 6.07 Å². The second-order valence-electron chi connectivity index (χ2n) is 5.59. The number of rotatable bonds is 3. The molecule has 0 amide bonds. The summed E-state index contributed by atoms with van der Waals surface area (Å²) in [6, 6.07) is 9.28. The Morgan fingerprint density at radius 3 is 2.65 bits per heavy atom. The number of esters is 1. The molecule has 0 aliphatic carbocycles. The lowest BCUT2D eigenvalue weighted by atomic mass is 9.82. The molecule has 8 heteroatoms. The first kappa shape index (κ1) is 17.4. The predicted octanol–water partition coefficient (Wildman–Crippen LogP) is 1.56. The maximum Gasteiger partial charge on any atom is 0.337 e. The van der Waals surface area contributed by atoms with E-state index in [9.17, 15) is 20.0 Å². The molecule has 1 aromatic carbocycles. The summed E-state index contributed by atoms with van der Waals surface area (Å²) in [6.07, 6.45) is 0. The zero-order chi connectivity index (χ0) is 18.8. The minimum atomic E-state index is -1.02. The van der Waals surface area contributed by atoms with Gasteiger partial charge in [0.2, 0.25) is 17.1 Å². The number of aliphatic hydroxyl groups excluding tert-OH is 1. The Kier molecular flexibility index (Phi) is 4.56. The number of hydrogen-bond acceptors (Lipinski definition) is 8. The minimum Gasteiger partial charge on any atom is -0.465 e. The highest BCUT2D eigenvalue weighted by molar-refractivity contribution is 5.89. The van der Waals surface area contributed by atoms with Crippen LogP contribution in [-0.4, -0.2) is 24.1 Å². The predicted molar refractivity (Wildman–Crippen MR) is 88.0 cm³/mol. The largest absolute Gasteiger partial charge is 0.465 e. The van der Waals surface area contributed by atoms with Crippen molar-refractivity contribution in [2.45, 2.75) is 12.5 Å². The number of methoxy groups -OCH3 is 1. The molecular formula is C18H14N2O6. The summed E-state index contributed by atoms with van der Waals surface area (Å²) in [5.41, 5.74) is 0.321. The highest BCUT2D eigenvalue weighted by Crippen LogP contribution is 2.40. The van der Waals surface area contributed by atoms with Crippen molar-refractivity contribution in [3.8, 4) is 11.8 Å². The van der Waals surface area contributed by atoms with Crippen molar-refractivity contribution in [3.63, 3.8) is 0 Å². The highest BCUT2D eigenvalue weighted by Gasteiger charge is 2.40. The Morgan fingerprint density at radius 2 is 2.08 bits per heavy atom. The van der Waals surface area contributed by atoms with Gasteiger partial charge in [-0.2, -0.15) is 5.26 Å². The standard InChI is InChI=1S/C18H14N2O6/c1-24-18(23)10-4-2-9(3-5-10)14-12(7-19)17(20)26-15-13(22)6-11(8-21)25-16(14)15/h2-6,12,14,20-21H,8H2,1H3. The third kappa shape index (κ3) is 2.85. The number of hydrogen-bond donors (Lipinski definition) is 2. The molecule has 0 bridgehead atoms. The molecule has 2 heterocycles. The Bertz CT molecular complexity index is 971. The maximum atomic E-state index is 12.2. The van der Waals surface area contributed by atoms with Crippen LogP contribution in [0, 0.1) is 22.7 Å². The minimum absolute atomic E-state index is 0.0265. The molecule has 3 rings (SSSR count). The van der Waals surface area contributed by atoms with Gasteiger partial charge in [0, 0.05) is 6.07 Å². The fourth-order valence-corrected chi connectivity index (χ4v) is 2.83. The van der Waals surface area contributed by atoms with E-state index < -0.39 is 29.8 Å². The molecule has 0 spiro atoms. The fraction of sp³-hybridized carbons (Fsp3) is 0.222. The molecule has 2 unspecified atom stereocenters. The molecule has 2 N–H and O–H groups in total. The smallest absolute Gasteiger partial charge is 0.337 e. The van der Waals surface area contributed by atoms with Crippen molar-refractivity contribution in [1.29, 1.82) is 10.7 Å². The zero-order valence-electron chi connectivity index (χ0n) is 13.7. The first-order valence-corrected chi connectivity index (χ1v) is 7.62. The number of nitriles is 1. The molecule has 26 heavy (non-hydrogen) atoms. The van der Waals surface area contributed by atoms with Gasteiger partial charge in [-0.15, -0.1) is 0 Å². The molecule has 8 nitrogen and oxygen atoms in total. The Hall–Kier alpha value is -3.44. The number of carbonyl (C=O) groups excluding carboxylic acids is 1. The summed E-state index contributed by atoms with van der Waals surface area (Å²) in [4.78, 5) is 23.8.